The van der Waals surface area contributed by atoms with Gasteiger partial charge in [-0.15, -0.1) is 10.2 Å². The highest BCUT2D eigenvalue weighted by atomic mass is 32.2. The van der Waals surface area contributed by atoms with Crippen LogP contribution in [0.3, 0.4) is 0 Å². The van der Waals surface area contributed by atoms with E-state index in [1.807, 2.05) is 0 Å². The van der Waals surface area contributed by atoms with Crippen molar-refractivity contribution in [2.24, 2.45) is 10.9 Å². The fourth-order valence-corrected chi connectivity index (χ4v) is 6.80. The SMILES string of the molecule is N[C@@H]1CCCN(c2ccc(S(=O)(=O)N[C@@H]3CCNC3)c(S(N)(=O)=O)c2-c2nn[nH]n2)C1=O. The Hall–Kier alpha value is -2.50. The van der Waals surface area contributed by atoms with Gasteiger partial charge in [0, 0.05) is 19.1 Å². The molecule has 14 nitrogen and oxygen atoms in total. The predicted octanol–water partition coefficient (Wildman–Crippen LogP) is -2.39. The third-order valence-corrected chi connectivity index (χ3v) is 8.08. The molecule has 2 fully saturated rings. The molecule has 0 bridgehead atoms. The van der Waals surface area contributed by atoms with Crippen molar-refractivity contribution in [3.8, 4) is 11.4 Å². The molecule has 3 heterocycles. The smallest absolute Gasteiger partial charge is 0.243 e. The number of H-pyrrole nitrogens is 1. The molecule has 1 aromatic heterocycles. The molecule has 1 aromatic carbocycles. The summed E-state index contributed by atoms with van der Waals surface area (Å²) in [7, 11) is -8.93. The summed E-state index contributed by atoms with van der Waals surface area (Å²) in [6, 6.07) is 1.25. The minimum atomic E-state index is -4.62. The molecule has 2 aliphatic rings. The number of aromatic nitrogens is 4. The number of aromatic amines is 1. The van der Waals surface area contributed by atoms with E-state index >= 15 is 0 Å². The minimum Gasteiger partial charge on any atom is -0.320 e. The Morgan fingerprint density at radius 3 is 2.59 bits per heavy atom. The van der Waals surface area contributed by atoms with Crippen molar-refractivity contribution in [2.45, 2.75) is 41.1 Å². The van der Waals surface area contributed by atoms with Gasteiger partial charge in [-0.25, -0.2) is 26.7 Å². The number of hydrogen-bond acceptors (Lipinski definition) is 10. The Bertz CT molecular complexity index is 1220. The van der Waals surface area contributed by atoms with E-state index in [1.165, 1.54) is 11.0 Å². The number of sulfonamides is 2. The Morgan fingerprint density at radius 2 is 1.97 bits per heavy atom. The number of benzene rings is 1. The van der Waals surface area contributed by atoms with E-state index in [4.69, 9.17) is 10.9 Å². The summed E-state index contributed by atoms with van der Waals surface area (Å²) in [5, 5.41) is 21.8. The topological polar surface area (TPSA) is 219 Å². The molecule has 0 radical (unpaired) electrons. The molecule has 2 aliphatic heterocycles. The van der Waals surface area contributed by atoms with E-state index in [2.05, 4.69) is 30.7 Å². The second-order valence-corrected chi connectivity index (χ2v) is 10.8. The Kier molecular flexibility index (Phi) is 5.99. The molecule has 32 heavy (non-hydrogen) atoms. The number of rotatable bonds is 6. The lowest BCUT2D eigenvalue weighted by Gasteiger charge is -2.32. The van der Waals surface area contributed by atoms with E-state index in [9.17, 15) is 21.6 Å². The lowest BCUT2D eigenvalue weighted by Crippen LogP contribution is -2.48. The van der Waals surface area contributed by atoms with E-state index in [0.29, 0.717) is 32.4 Å². The van der Waals surface area contributed by atoms with Crippen LogP contribution in [-0.4, -0.2) is 75.1 Å². The second kappa shape index (κ2) is 8.45. The highest BCUT2D eigenvalue weighted by Crippen LogP contribution is 2.39. The summed E-state index contributed by atoms with van der Waals surface area (Å²) in [6.07, 6.45) is 1.58. The van der Waals surface area contributed by atoms with Gasteiger partial charge in [0.25, 0.3) is 0 Å². The monoisotopic (exact) mass is 485 g/mol. The van der Waals surface area contributed by atoms with Crippen molar-refractivity contribution >= 4 is 31.6 Å². The Labute approximate surface area is 184 Å². The van der Waals surface area contributed by atoms with E-state index in [1.54, 1.807) is 0 Å². The van der Waals surface area contributed by atoms with E-state index < -0.39 is 47.8 Å². The number of carbonyl (C=O) groups excluding carboxylic acids is 1. The van der Waals surface area contributed by atoms with Crippen LogP contribution in [0.15, 0.2) is 21.9 Å². The molecule has 16 heteroatoms. The van der Waals surface area contributed by atoms with Crippen molar-refractivity contribution < 1.29 is 21.6 Å². The van der Waals surface area contributed by atoms with Crippen molar-refractivity contribution in [3.63, 3.8) is 0 Å². The number of nitrogens with zero attached hydrogens (tertiary/aromatic N) is 4. The molecule has 174 valence electrons. The van der Waals surface area contributed by atoms with Crippen molar-refractivity contribution in [2.75, 3.05) is 24.5 Å². The Morgan fingerprint density at radius 1 is 1.19 bits per heavy atom. The molecule has 0 saturated carbocycles. The van der Waals surface area contributed by atoms with Crippen LogP contribution in [0, 0.1) is 0 Å². The third-order valence-electron chi connectivity index (χ3n) is 5.40. The standard InChI is InChI=1S/C16H23N9O5S2/c17-10-2-1-7-25(16(10)26)11-3-4-12(32(29,30)22-9-5-6-19-8-9)14(31(18,27)28)13(11)15-20-23-24-21-15/h3-4,9-10,19,22H,1-2,5-8,17H2,(H2,18,27,28)(H,20,21,23,24)/t9-,10-/m1/s1. The average Bonchev–Trinajstić information content (AvgIpc) is 3.42. The lowest BCUT2D eigenvalue weighted by molar-refractivity contribution is -0.120. The molecular weight excluding hydrogens is 462 g/mol. The largest absolute Gasteiger partial charge is 0.320 e. The zero-order valence-electron chi connectivity index (χ0n) is 16.9. The molecule has 2 aromatic rings. The zero-order chi connectivity index (χ0) is 23.1. The van der Waals surface area contributed by atoms with Crippen LogP contribution in [0.2, 0.25) is 0 Å². The number of anilines is 1. The molecule has 4 rings (SSSR count). The highest BCUT2D eigenvalue weighted by Gasteiger charge is 2.37. The minimum absolute atomic E-state index is 0.0806. The molecule has 7 N–H and O–H groups in total. The maximum absolute atomic E-state index is 13.2. The molecule has 0 unspecified atom stereocenters. The van der Waals surface area contributed by atoms with Crippen molar-refractivity contribution in [1.29, 1.82) is 0 Å². The van der Waals surface area contributed by atoms with Crippen LogP contribution in [0.25, 0.3) is 11.4 Å². The van der Waals surface area contributed by atoms with E-state index in [-0.39, 0.29) is 23.6 Å². The first-order valence-corrected chi connectivity index (χ1v) is 12.9. The molecule has 0 spiro atoms. The summed E-state index contributed by atoms with van der Waals surface area (Å²) < 4.78 is 54.2. The highest BCUT2D eigenvalue weighted by molar-refractivity contribution is 7.92. The number of tetrazole rings is 1. The van der Waals surface area contributed by atoms with Gasteiger partial charge in [-0.3, -0.25) is 4.79 Å². The predicted molar refractivity (Wildman–Crippen MR) is 112 cm³/mol. The summed E-state index contributed by atoms with van der Waals surface area (Å²) in [5.74, 6) is -0.664. The quantitative estimate of drug-likeness (QED) is 0.292. The van der Waals surface area contributed by atoms with Crippen LogP contribution in [-0.2, 0) is 24.8 Å². The third kappa shape index (κ3) is 4.24. The summed E-state index contributed by atoms with van der Waals surface area (Å²) in [4.78, 5) is 12.7. The molecule has 0 aliphatic carbocycles. The first-order chi connectivity index (χ1) is 15.1. The van der Waals surface area contributed by atoms with Crippen molar-refractivity contribution in [3.05, 3.63) is 12.1 Å². The van der Waals surface area contributed by atoms with Crippen LogP contribution in [0.5, 0.6) is 0 Å². The van der Waals surface area contributed by atoms with Crippen LogP contribution in [0.4, 0.5) is 5.69 Å². The molecular formula is C16H23N9O5S2. The van der Waals surface area contributed by atoms with E-state index in [0.717, 1.165) is 6.07 Å². The van der Waals surface area contributed by atoms with Crippen molar-refractivity contribution in [1.82, 2.24) is 30.7 Å². The van der Waals surface area contributed by atoms with Gasteiger partial charge in [0.1, 0.15) is 9.79 Å². The first-order valence-electron chi connectivity index (χ1n) is 9.83. The zero-order valence-corrected chi connectivity index (χ0v) is 18.5. The molecule has 2 atom stereocenters. The van der Waals surface area contributed by atoms with Gasteiger partial charge < -0.3 is 16.0 Å². The average molecular weight is 486 g/mol. The number of amides is 1. The maximum Gasteiger partial charge on any atom is 0.243 e. The van der Waals surface area contributed by atoms with Gasteiger partial charge in [0.15, 0.2) is 0 Å². The molecule has 2 saturated heterocycles. The number of carbonyl (C=O) groups is 1. The van der Waals surface area contributed by atoms with Gasteiger partial charge in [-0.1, -0.05) is 0 Å². The summed E-state index contributed by atoms with van der Waals surface area (Å²) >= 11 is 0. The van der Waals surface area contributed by atoms with Gasteiger partial charge in [0.2, 0.25) is 31.8 Å². The summed E-state index contributed by atoms with van der Waals surface area (Å²) in [5.41, 5.74) is 5.73. The van der Waals surface area contributed by atoms with Gasteiger partial charge in [0.05, 0.1) is 17.3 Å². The Balaban J connectivity index is 1.96. The molecule has 1 amide bonds. The normalized spacial score (nSPS) is 22.4. The maximum atomic E-state index is 13.2. The second-order valence-electron chi connectivity index (χ2n) is 7.62. The fourth-order valence-electron chi connectivity index (χ4n) is 3.94. The lowest BCUT2D eigenvalue weighted by atomic mass is 10.0. The van der Waals surface area contributed by atoms with Gasteiger partial charge in [-0.05, 0) is 43.2 Å². The summed E-state index contributed by atoms with van der Waals surface area (Å²) in [6.45, 7) is 1.28. The fraction of sp³-hybridized carbons (Fsp3) is 0.500. The van der Waals surface area contributed by atoms with Gasteiger partial charge >= 0.3 is 0 Å². The number of primary sulfonamides is 1. The van der Waals surface area contributed by atoms with Gasteiger partial charge in [-0.2, -0.15) is 5.21 Å². The van der Waals surface area contributed by atoms with Crippen LogP contribution < -0.4 is 25.8 Å². The number of nitrogens with one attached hydrogen (secondary N) is 3. The number of piperidine rings is 1. The number of nitrogens with two attached hydrogens (primary N) is 2. The number of hydrogen-bond donors (Lipinski definition) is 5. The van der Waals surface area contributed by atoms with Crippen LogP contribution in [0.1, 0.15) is 19.3 Å². The first kappa shape index (κ1) is 22.7. The van der Waals surface area contributed by atoms with Crippen LogP contribution >= 0.6 is 0 Å².